The van der Waals surface area contributed by atoms with Crippen molar-refractivity contribution < 1.29 is 14.3 Å². The van der Waals surface area contributed by atoms with Crippen LogP contribution in [-0.4, -0.2) is 19.6 Å². The molecule has 150 valence electrons. The molecule has 2 aliphatic carbocycles. The summed E-state index contributed by atoms with van der Waals surface area (Å²) in [4.78, 5) is 15.1. The minimum absolute atomic E-state index is 0.0295. The number of rotatable bonds is 7. The summed E-state index contributed by atoms with van der Waals surface area (Å²) < 4.78 is 11.2. The van der Waals surface area contributed by atoms with Gasteiger partial charge in [-0.15, -0.1) is 11.3 Å². The van der Waals surface area contributed by atoms with Crippen LogP contribution in [0.4, 0.5) is 0 Å². The molecule has 0 aliphatic heterocycles. The number of nitrogens with one attached hydrogen (secondary N) is 1. The molecular weight excluding hydrogens is 370 g/mol. The van der Waals surface area contributed by atoms with Gasteiger partial charge in [-0.25, -0.2) is 0 Å². The Morgan fingerprint density at radius 3 is 2.86 bits per heavy atom. The summed E-state index contributed by atoms with van der Waals surface area (Å²) in [7, 11) is 1.65. The minimum atomic E-state index is 0.0295. The van der Waals surface area contributed by atoms with Crippen molar-refractivity contribution in [2.24, 2.45) is 11.3 Å². The van der Waals surface area contributed by atoms with E-state index in [-0.39, 0.29) is 5.91 Å². The van der Waals surface area contributed by atoms with E-state index in [1.807, 2.05) is 18.2 Å². The van der Waals surface area contributed by atoms with Gasteiger partial charge in [-0.3, -0.25) is 4.79 Å². The van der Waals surface area contributed by atoms with Crippen LogP contribution in [-0.2, 0) is 13.0 Å². The van der Waals surface area contributed by atoms with Crippen LogP contribution in [0, 0.1) is 18.3 Å². The lowest BCUT2D eigenvalue weighted by molar-refractivity contribution is 0.0953. The zero-order valence-electron chi connectivity index (χ0n) is 17.3. The molecule has 0 saturated heterocycles. The number of carbonyl (C=O) groups excluding carboxylic acids is 1. The number of methoxy groups -OCH3 is 1. The lowest BCUT2D eigenvalue weighted by atomic mass is 9.95. The Labute approximate surface area is 171 Å². The van der Waals surface area contributed by atoms with Gasteiger partial charge in [0.1, 0.15) is 11.5 Å². The van der Waals surface area contributed by atoms with Crippen molar-refractivity contribution in [1.29, 1.82) is 0 Å². The van der Waals surface area contributed by atoms with E-state index in [4.69, 9.17) is 9.47 Å². The summed E-state index contributed by atoms with van der Waals surface area (Å²) in [6, 6.07) is 5.79. The summed E-state index contributed by atoms with van der Waals surface area (Å²) >= 11 is 1.65. The Hall–Kier alpha value is -2.01. The van der Waals surface area contributed by atoms with Gasteiger partial charge in [0, 0.05) is 23.1 Å². The van der Waals surface area contributed by atoms with Crippen LogP contribution < -0.4 is 14.8 Å². The largest absolute Gasteiger partial charge is 0.496 e. The Kier molecular flexibility index (Phi) is 4.90. The third-order valence-electron chi connectivity index (χ3n) is 6.40. The monoisotopic (exact) mass is 399 g/mol. The van der Waals surface area contributed by atoms with E-state index >= 15 is 0 Å². The molecule has 4 rings (SSSR count). The molecule has 28 heavy (non-hydrogen) atoms. The number of benzene rings is 1. The molecule has 0 radical (unpaired) electrons. The van der Waals surface area contributed by atoms with Crippen molar-refractivity contribution in [3.05, 3.63) is 44.6 Å². The smallest absolute Gasteiger partial charge is 0.261 e. The summed E-state index contributed by atoms with van der Waals surface area (Å²) in [5, 5.41) is 3.10. The van der Waals surface area contributed by atoms with Gasteiger partial charge < -0.3 is 14.8 Å². The van der Waals surface area contributed by atoms with Crippen LogP contribution >= 0.6 is 11.3 Å². The SMILES string of the molecule is CCCOc1ccc(CNC(=O)c2sc(C)c3c2C[C@@H]2[C@H]3C2(C)C)c(OC)c1. The summed E-state index contributed by atoms with van der Waals surface area (Å²) in [6.07, 6.45) is 2.01. The Morgan fingerprint density at radius 2 is 2.14 bits per heavy atom. The minimum Gasteiger partial charge on any atom is -0.496 e. The molecule has 0 unspecified atom stereocenters. The molecule has 1 N–H and O–H groups in total. The Balaban J connectivity index is 1.46. The molecule has 0 spiro atoms. The molecule has 5 heteroatoms. The van der Waals surface area contributed by atoms with Gasteiger partial charge >= 0.3 is 0 Å². The fourth-order valence-electron chi connectivity index (χ4n) is 4.75. The van der Waals surface area contributed by atoms with Crippen molar-refractivity contribution in [2.45, 2.75) is 53.0 Å². The molecule has 1 fully saturated rings. The first kappa shape index (κ1) is 19.3. The predicted molar refractivity (Wildman–Crippen MR) is 113 cm³/mol. The molecule has 2 aromatic rings. The van der Waals surface area contributed by atoms with Crippen molar-refractivity contribution >= 4 is 17.2 Å². The molecule has 2 aliphatic rings. The van der Waals surface area contributed by atoms with Gasteiger partial charge in [0.2, 0.25) is 0 Å². The number of hydrogen-bond acceptors (Lipinski definition) is 4. The third-order valence-corrected chi connectivity index (χ3v) is 7.56. The average molecular weight is 400 g/mol. The fourth-order valence-corrected chi connectivity index (χ4v) is 5.90. The number of carbonyl (C=O) groups is 1. The maximum Gasteiger partial charge on any atom is 0.261 e. The number of amides is 1. The van der Waals surface area contributed by atoms with E-state index in [1.165, 1.54) is 16.0 Å². The van der Waals surface area contributed by atoms with Crippen molar-refractivity contribution in [3.8, 4) is 11.5 Å². The topological polar surface area (TPSA) is 47.6 Å². The highest BCUT2D eigenvalue weighted by molar-refractivity contribution is 7.14. The molecule has 1 aromatic heterocycles. The summed E-state index contributed by atoms with van der Waals surface area (Å²) in [5.74, 6) is 2.93. The second-order valence-electron chi connectivity index (χ2n) is 8.49. The highest BCUT2D eigenvalue weighted by Gasteiger charge is 2.63. The standard InChI is InChI=1S/C23H29NO3S/c1-6-9-27-15-8-7-14(18(10-15)26-5)12-24-22(25)21-16-11-17-20(23(17,3)4)19(16)13(2)28-21/h7-8,10,17,20H,6,9,11-12H2,1-5H3,(H,24,25)/t17-,20-/m1/s1. The molecular formula is C23H29NO3S. The van der Waals surface area contributed by atoms with Crippen molar-refractivity contribution in [2.75, 3.05) is 13.7 Å². The van der Waals surface area contributed by atoms with E-state index in [2.05, 4.69) is 33.0 Å². The van der Waals surface area contributed by atoms with Gasteiger partial charge in [-0.1, -0.05) is 20.8 Å². The zero-order valence-corrected chi connectivity index (χ0v) is 18.2. The molecule has 4 nitrogen and oxygen atoms in total. The molecule has 0 bridgehead atoms. The predicted octanol–water partition coefficient (Wildman–Crippen LogP) is 5.08. The Bertz CT molecular complexity index is 915. The average Bonchev–Trinajstić information content (AvgIpc) is 3.01. The van der Waals surface area contributed by atoms with Crippen LogP contribution in [0.1, 0.15) is 64.3 Å². The van der Waals surface area contributed by atoms with Gasteiger partial charge in [-0.2, -0.15) is 0 Å². The zero-order chi connectivity index (χ0) is 20.1. The van der Waals surface area contributed by atoms with Gasteiger partial charge in [-0.05, 0) is 60.3 Å². The number of hydrogen-bond donors (Lipinski definition) is 1. The van der Waals surface area contributed by atoms with Crippen LogP contribution in [0.15, 0.2) is 18.2 Å². The second kappa shape index (κ2) is 7.11. The van der Waals surface area contributed by atoms with Gasteiger partial charge in [0.05, 0.1) is 18.6 Å². The van der Waals surface area contributed by atoms with E-state index < -0.39 is 0 Å². The number of aryl methyl sites for hydroxylation is 1. The first-order chi connectivity index (χ1) is 13.4. The first-order valence-corrected chi connectivity index (χ1v) is 10.9. The molecule has 1 saturated carbocycles. The number of fused-ring (bicyclic) bond motifs is 3. The maximum absolute atomic E-state index is 12.9. The molecule has 1 amide bonds. The van der Waals surface area contributed by atoms with Crippen LogP contribution in [0.2, 0.25) is 0 Å². The van der Waals surface area contributed by atoms with Crippen LogP contribution in [0.3, 0.4) is 0 Å². The molecule has 2 atom stereocenters. The lowest BCUT2D eigenvalue weighted by Crippen LogP contribution is -2.23. The quantitative estimate of drug-likeness (QED) is 0.706. The van der Waals surface area contributed by atoms with E-state index in [9.17, 15) is 4.79 Å². The van der Waals surface area contributed by atoms with Gasteiger partial charge in [0.25, 0.3) is 5.91 Å². The lowest BCUT2D eigenvalue weighted by Gasteiger charge is -2.13. The fraction of sp³-hybridized carbons (Fsp3) is 0.522. The van der Waals surface area contributed by atoms with Crippen molar-refractivity contribution in [1.82, 2.24) is 5.32 Å². The maximum atomic E-state index is 12.9. The highest BCUT2D eigenvalue weighted by Crippen LogP contribution is 2.71. The molecule has 1 heterocycles. The molecule has 1 aromatic carbocycles. The van der Waals surface area contributed by atoms with E-state index in [1.54, 1.807) is 18.4 Å². The van der Waals surface area contributed by atoms with E-state index in [0.29, 0.717) is 30.4 Å². The highest BCUT2D eigenvalue weighted by atomic mass is 32.1. The van der Waals surface area contributed by atoms with E-state index in [0.717, 1.165) is 34.8 Å². The first-order valence-electron chi connectivity index (χ1n) is 10.1. The third kappa shape index (κ3) is 3.10. The summed E-state index contributed by atoms with van der Waals surface area (Å²) in [5.41, 5.74) is 4.11. The second-order valence-corrected chi connectivity index (χ2v) is 9.72. The van der Waals surface area contributed by atoms with Crippen LogP contribution in [0.5, 0.6) is 11.5 Å². The number of thiophene rings is 1. The van der Waals surface area contributed by atoms with Gasteiger partial charge in [0.15, 0.2) is 0 Å². The Morgan fingerprint density at radius 1 is 1.36 bits per heavy atom. The number of ether oxygens (including phenoxy) is 2. The summed E-state index contributed by atoms with van der Waals surface area (Å²) in [6.45, 7) is 10.1. The normalized spacial score (nSPS) is 21.0. The van der Waals surface area contributed by atoms with Crippen molar-refractivity contribution in [3.63, 3.8) is 0 Å². The van der Waals surface area contributed by atoms with Crippen LogP contribution in [0.25, 0.3) is 0 Å².